The van der Waals surface area contributed by atoms with Crippen molar-refractivity contribution in [3.8, 4) is 5.75 Å². The Balaban J connectivity index is 1.54. The lowest BCUT2D eigenvalue weighted by atomic mass is 9.85. The van der Waals surface area contributed by atoms with Crippen molar-refractivity contribution in [2.75, 3.05) is 11.9 Å². The highest BCUT2D eigenvalue weighted by Crippen LogP contribution is 2.27. The monoisotopic (exact) mass is 355 g/mol. The maximum atomic E-state index is 12.2. The minimum atomic E-state index is -0.787. The van der Waals surface area contributed by atoms with Crippen molar-refractivity contribution in [1.82, 2.24) is 10.3 Å². The fourth-order valence-electron chi connectivity index (χ4n) is 3.13. The highest BCUT2D eigenvalue weighted by atomic mass is 16.5. The molecule has 1 fully saturated rings. The number of carbonyl (C=O) groups excluding carboxylic acids is 1. The van der Waals surface area contributed by atoms with Crippen molar-refractivity contribution >= 4 is 11.7 Å². The molecule has 1 heterocycles. The summed E-state index contributed by atoms with van der Waals surface area (Å²) >= 11 is 0. The topological polar surface area (TPSA) is 83.5 Å². The molecule has 0 radical (unpaired) electrons. The van der Waals surface area contributed by atoms with Gasteiger partial charge in [-0.2, -0.15) is 0 Å². The van der Waals surface area contributed by atoms with Crippen molar-refractivity contribution in [2.24, 2.45) is 0 Å². The van der Waals surface area contributed by atoms with E-state index in [1.54, 1.807) is 18.3 Å². The van der Waals surface area contributed by atoms with Gasteiger partial charge in [0, 0.05) is 12.7 Å². The van der Waals surface area contributed by atoms with Crippen LogP contribution in [0.1, 0.15) is 37.8 Å². The Morgan fingerprint density at radius 2 is 1.88 bits per heavy atom. The molecule has 3 N–H and O–H groups in total. The Bertz CT molecular complexity index is 715. The lowest BCUT2D eigenvalue weighted by molar-refractivity contribution is 0.00755. The van der Waals surface area contributed by atoms with Gasteiger partial charge in [0.15, 0.2) is 0 Å². The second-order valence-corrected chi connectivity index (χ2v) is 6.70. The zero-order valence-corrected chi connectivity index (χ0v) is 14.8. The van der Waals surface area contributed by atoms with Crippen LogP contribution in [0.2, 0.25) is 0 Å². The molecule has 1 aromatic heterocycles. The van der Waals surface area contributed by atoms with E-state index < -0.39 is 5.60 Å². The standard InChI is InChI=1S/C20H25N3O3/c24-19(22-15-20(25)11-5-1-6-12-20)23-17-9-2-3-10-18(17)26-14-16-8-4-7-13-21-16/h2-4,7-10,13,25H,1,5-6,11-12,14-15H2,(H2,22,23,24). The first-order valence-electron chi connectivity index (χ1n) is 9.04. The van der Waals surface area contributed by atoms with Crippen molar-refractivity contribution in [1.29, 1.82) is 0 Å². The summed E-state index contributed by atoms with van der Waals surface area (Å²) in [5.41, 5.74) is 0.604. The lowest BCUT2D eigenvalue weighted by Crippen LogP contribution is -2.45. The Morgan fingerprint density at radius 3 is 2.65 bits per heavy atom. The molecule has 26 heavy (non-hydrogen) atoms. The minimum absolute atomic E-state index is 0.260. The number of urea groups is 1. The van der Waals surface area contributed by atoms with E-state index >= 15 is 0 Å². The fraction of sp³-hybridized carbons (Fsp3) is 0.400. The quantitative estimate of drug-likeness (QED) is 0.741. The second-order valence-electron chi connectivity index (χ2n) is 6.70. The number of nitrogens with zero attached hydrogens (tertiary/aromatic N) is 1. The highest BCUT2D eigenvalue weighted by molar-refractivity contribution is 5.90. The number of hydrogen-bond donors (Lipinski definition) is 3. The number of ether oxygens (including phenoxy) is 1. The number of pyridine rings is 1. The molecule has 0 spiro atoms. The molecule has 6 heteroatoms. The minimum Gasteiger partial charge on any atom is -0.485 e. The summed E-state index contributed by atoms with van der Waals surface area (Å²) in [6.07, 6.45) is 6.34. The molecule has 0 saturated heterocycles. The third-order valence-corrected chi connectivity index (χ3v) is 4.60. The van der Waals surface area contributed by atoms with Crippen LogP contribution >= 0.6 is 0 Å². The van der Waals surface area contributed by atoms with Gasteiger partial charge in [-0.15, -0.1) is 0 Å². The van der Waals surface area contributed by atoms with E-state index in [-0.39, 0.29) is 12.6 Å². The summed E-state index contributed by atoms with van der Waals surface area (Å²) < 4.78 is 5.78. The van der Waals surface area contributed by atoms with Gasteiger partial charge in [-0.3, -0.25) is 4.98 Å². The van der Waals surface area contributed by atoms with Crippen LogP contribution in [0.25, 0.3) is 0 Å². The number of rotatable bonds is 6. The first kappa shape index (κ1) is 18.2. The van der Waals surface area contributed by atoms with Gasteiger partial charge in [0.1, 0.15) is 12.4 Å². The van der Waals surface area contributed by atoms with Gasteiger partial charge in [-0.25, -0.2) is 4.79 Å². The summed E-state index contributed by atoms with van der Waals surface area (Å²) in [7, 11) is 0. The van der Waals surface area contributed by atoms with Crippen LogP contribution in [0.3, 0.4) is 0 Å². The van der Waals surface area contributed by atoms with E-state index in [1.165, 1.54) is 0 Å². The molecule has 0 aliphatic heterocycles. The molecule has 1 aromatic carbocycles. The molecule has 0 bridgehead atoms. The van der Waals surface area contributed by atoms with Crippen LogP contribution in [-0.2, 0) is 6.61 Å². The summed E-state index contributed by atoms with van der Waals surface area (Å²) in [5.74, 6) is 0.574. The summed E-state index contributed by atoms with van der Waals surface area (Å²) in [5, 5.41) is 16.0. The summed E-state index contributed by atoms with van der Waals surface area (Å²) in [6.45, 7) is 0.580. The van der Waals surface area contributed by atoms with Crippen molar-refractivity contribution in [2.45, 2.75) is 44.3 Å². The predicted octanol–water partition coefficient (Wildman–Crippen LogP) is 3.48. The van der Waals surface area contributed by atoms with Gasteiger partial charge in [0.25, 0.3) is 0 Å². The van der Waals surface area contributed by atoms with Gasteiger partial charge in [-0.05, 0) is 37.1 Å². The molecular weight excluding hydrogens is 330 g/mol. The van der Waals surface area contributed by atoms with Gasteiger partial charge >= 0.3 is 6.03 Å². The Hall–Kier alpha value is -2.60. The van der Waals surface area contributed by atoms with Gasteiger partial charge in [0.2, 0.25) is 0 Å². The number of hydrogen-bond acceptors (Lipinski definition) is 4. The van der Waals surface area contributed by atoms with Gasteiger partial charge in [0.05, 0.1) is 17.0 Å². The molecule has 1 aliphatic rings. The average molecular weight is 355 g/mol. The number of benzene rings is 1. The van der Waals surface area contributed by atoms with Crippen molar-refractivity contribution in [3.05, 3.63) is 54.4 Å². The first-order valence-corrected chi connectivity index (χ1v) is 9.04. The molecule has 2 amide bonds. The largest absolute Gasteiger partial charge is 0.485 e. The number of nitrogens with one attached hydrogen (secondary N) is 2. The molecule has 0 atom stereocenters. The number of anilines is 1. The van der Waals surface area contributed by atoms with Crippen LogP contribution in [0.5, 0.6) is 5.75 Å². The Kier molecular flexibility index (Phi) is 6.07. The number of para-hydroxylation sites is 2. The van der Waals surface area contributed by atoms with Gasteiger partial charge < -0.3 is 20.5 Å². The molecule has 1 aliphatic carbocycles. The molecule has 1 saturated carbocycles. The lowest BCUT2D eigenvalue weighted by Gasteiger charge is -2.32. The molecule has 138 valence electrons. The normalized spacial score (nSPS) is 15.9. The summed E-state index contributed by atoms with van der Waals surface area (Å²) in [4.78, 5) is 16.4. The van der Waals surface area contributed by atoms with Crippen LogP contribution in [0.15, 0.2) is 48.7 Å². The zero-order chi connectivity index (χ0) is 18.2. The third-order valence-electron chi connectivity index (χ3n) is 4.60. The first-order chi connectivity index (χ1) is 12.6. The number of aliphatic hydroxyl groups is 1. The van der Waals surface area contributed by atoms with E-state index in [2.05, 4.69) is 15.6 Å². The van der Waals surface area contributed by atoms with Crippen LogP contribution in [0.4, 0.5) is 10.5 Å². The van der Waals surface area contributed by atoms with Gasteiger partial charge in [-0.1, -0.05) is 37.5 Å². The fourth-order valence-corrected chi connectivity index (χ4v) is 3.13. The Morgan fingerprint density at radius 1 is 1.12 bits per heavy atom. The third kappa shape index (κ3) is 5.20. The molecule has 2 aromatic rings. The molecule has 6 nitrogen and oxygen atoms in total. The zero-order valence-electron chi connectivity index (χ0n) is 14.8. The number of carbonyl (C=O) groups is 1. The summed E-state index contributed by atoms with van der Waals surface area (Å²) in [6, 6.07) is 12.5. The molecular formula is C20H25N3O3. The molecule has 3 rings (SSSR count). The Labute approximate surface area is 153 Å². The molecule has 0 unspecified atom stereocenters. The smallest absolute Gasteiger partial charge is 0.319 e. The van der Waals surface area contributed by atoms with E-state index in [0.717, 1.165) is 37.8 Å². The van der Waals surface area contributed by atoms with E-state index in [4.69, 9.17) is 4.74 Å². The van der Waals surface area contributed by atoms with E-state index in [1.807, 2.05) is 30.3 Å². The van der Waals surface area contributed by atoms with Crippen molar-refractivity contribution in [3.63, 3.8) is 0 Å². The maximum absolute atomic E-state index is 12.2. The second kappa shape index (κ2) is 8.67. The SMILES string of the molecule is O=C(NCC1(O)CCCCC1)Nc1ccccc1OCc1ccccn1. The average Bonchev–Trinajstić information content (AvgIpc) is 2.67. The highest BCUT2D eigenvalue weighted by Gasteiger charge is 2.29. The van der Waals surface area contributed by atoms with Crippen LogP contribution in [-0.4, -0.2) is 28.3 Å². The number of amides is 2. The van der Waals surface area contributed by atoms with Crippen molar-refractivity contribution < 1.29 is 14.6 Å². The van der Waals surface area contributed by atoms with E-state index in [9.17, 15) is 9.90 Å². The van der Waals surface area contributed by atoms with Crippen LogP contribution < -0.4 is 15.4 Å². The predicted molar refractivity (Wildman–Crippen MR) is 100 cm³/mol. The van der Waals surface area contributed by atoms with Crippen LogP contribution in [0, 0.1) is 0 Å². The number of aromatic nitrogens is 1. The van der Waals surface area contributed by atoms with E-state index in [0.29, 0.717) is 18.0 Å². The maximum Gasteiger partial charge on any atom is 0.319 e.